The number of nitrogens with zero attached hydrogens (tertiary/aromatic N) is 4. The molecule has 0 spiro atoms. The fourth-order valence-corrected chi connectivity index (χ4v) is 3.64. The van der Waals surface area contributed by atoms with Crippen molar-refractivity contribution in [1.82, 2.24) is 15.1 Å². The van der Waals surface area contributed by atoms with Crippen LogP contribution in [0.1, 0.15) is 30.8 Å². The number of hydrogen-bond acceptors (Lipinski definition) is 7. The normalized spacial score (nSPS) is 14.3. The molecule has 0 saturated carbocycles. The van der Waals surface area contributed by atoms with E-state index >= 15 is 0 Å². The maximum Gasteiger partial charge on any atom is 0.271 e. The minimum atomic E-state index is -0.743. The predicted octanol–water partition coefficient (Wildman–Crippen LogP) is 3.22. The number of benzene rings is 1. The first-order valence-corrected chi connectivity index (χ1v) is 11.1. The third-order valence-electron chi connectivity index (χ3n) is 5.63. The standard InChI is InChI=1S/C24H30FN7O2/c1-4-17(16(3)25)15-27-20-14-21(29-30-23(20)24(26)34)28-18-6-8-19(9-7-18)31-10-12-32(13-11-31)22(33)5-2/h4,6-9,14H,1,5,10-13,15H2,2-3H3,(H2,26,34)(H2,27,28,29)/b17-16-. The van der Waals surface area contributed by atoms with Gasteiger partial charge < -0.3 is 26.2 Å². The molecule has 1 aliphatic rings. The topological polar surface area (TPSA) is 116 Å². The summed E-state index contributed by atoms with van der Waals surface area (Å²) in [6.45, 7) is 9.92. The molecule has 0 bridgehead atoms. The zero-order chi connectivity index (χ0) is 24.7. The quantitative estimate of drug-likeness (QED) is 0.485. The summed E-state index contributed by atoms with van der Waals surface area (Å²) in [5.41, 5.74) is 7.90. The van der Waals surface area contributed by atoms with E-state index in [1.165, 1.54) is 13.0 Å². The Morgan fingerprint density at radius 1 is 1.18 bits per heavy atom. The highest BCUT2D eigenvalue weighted by molar-refractivity contribution is 5.96. The van der Waals surface area contributed by atoms with Crippen LogP contribution in [0.3, 0.4) is 0 Å². The fourth-order valence-electron chi connectivity index (χ4n) is 3.64. The first-order chi connectivity index (χ1) is 16.3. The largest absolute Gasteiger partial charge is 0.379 e. The average molecular weight is 468 g/mol. The molecule has 10 heteroatoms. The number of carbonyl (C=O) groups excluding carboxylic acids is 2. The third kappa shape index (κ3) is 6.09. The molecule has 0 atom stereocenters. The van der Waals surface area contributed by atoms with E-state index in [1.807, 2.05) is 36.1 Å². The monoisotopic (exact) mass is 467 g/mol. The molecule has 2 heterocycles. The van der Waals surface area contributed by atoms with Crippen molar-refractivity contribution in [2.24, 2.45) is 5.73 Å². The Labute approximate surface area is 198 Å². The van der Waals surface area contributed by atoms with Gasteiger partial charge in [0.15, 0.2) is 11.5 Å². The molecule has 0 radical (unpaired) electrons. The van der Waals surface area contributed by atoms with E-state index in [-0.39, 0.29) is 24.0 Å². The van der Waals surface area contributed by atoms with E-state index in [2.05, 4.69) is 32.3 Å². The van der Waals surface area contributed by atoms with Gasteiger partial charge in [0.1, 0.15) is 5.83 Å². The van der Waals surface area contributed by atoms with Gasteiger partial charge >= 0.3 is 0 Å². The van der Waals surface area contributed by atoms with Crippen LogP contribution in [-0.2, 0) is 4.79 Å². The van der Waals surface area contributed by atoms with Crippen molar-refractivity contribution >= 4 is 34.7 Å². The first kappa shape index (κ1) is 24.7. The molecule has 3 rings (SSSR count). The molecule has 9 nitrogen and oxygen atoms in total. The molecule has 4 N–H and O–H groups in total. The van der Waals surface area contributed by atoms with Crippen molar-refractivity contribution in [3.63, 3.8) is 0 Å². The number of rotatable bonds is 9. The fraction of sp³-hybridized carbons (Fsp3) is 0.333. The maximum atomic E-state index is 13.5. The second-order valence-corrected chi connectivity index (χ2v) is 7.87. The Kier molecular flexibility index (Phi) is 8.18. The van der Waals surface area contributed by atoms with Crippen LogP contribution in [0.4, 0.5) is 27.3 Å². The van der Waals surface area contributed by atoms with Gasteiger partial charge in [-0.15, -0.1) is 10.2 Å². The average Bonchev–Trinajstić information content (AvgIpc) is 2.84. The van der Waals surface area contributed by atoms with Crippen LogP contribution in [0.25, 0.3) is 0 Å². The van der Waals surface area contributed by atoms with E-state index in [9.17, 15) is 14.0 Å². The van der Waals surface area contributed by atoms with E-state index in [1.54, 1.807) is 6.07 Å². The van der Waals surface area contributed by atoms with Crippen LogP contribution in [-0.4, -0.2) is 59.6 Å². The van der Waals surface area contributed by atoms with E-state index in [4.69, 9.17) is 5.73 Å². The molecule has 34 heavy (non-hydrogen) atoms. The number of anilines is 4. The molecular weight excluding hydrogens is 437 g/mol. The summed E-state index contributed by atoms with van der Waals surface area (Å²) in [5.74, 6) is -0.532. The van der Waals surface area contributed by atoms with Crippen LogP contribution in [0.5, 0.6) is 0 Å². The lowest BCUT2D eigenvalue weighted by atomic mass is 10.2. The number of amides is 2. The van der Waals surface area contributed by atoms with Crippen molar-refractivity contribution in [2.75, 3.05) is 48.3 Å². The van der Waals surface area contributed by atoms with Gasteiger partial charge in [-0.3, -0.25) is 9.59 Å². The Balaban J connectivity index is 1.68. The SMILES string of the molecule is C=C/C(CNc1cc(Nc2ccc(N3CCN(C(=O)CC)CC3)cc2)nnc1C(N)=O)=C(\C)F. The molecule has 1 aromatic carbocycles. The number of nitrogens with two attached hydrogens (primary N) is 1. The van der Waals surface area contributed by atoms with Gasteiger partial charge in [-0.05, 0) is 31.2 Å². The smallest absolute Gasteiger partial charge is 0.271 e. The van der Waals surface area contributed by atoms with Gasteiger partial charge in [0.05, 0.1) is 5.69 Å². The van der Waals surface area contributed by atoms with Crippen molar-refractivity contribution in [1.29, 1.82) is 0 Å². The van der Waals surface area contributed by atoms with E-state index in [0.29, 0.717) is 23.5 Å². The van der Waals surface area contributed by atoms with Gasteiger partial charge in [0, 0.05) is 62.2 Å². The van der Waals surface area contributed by atoms with E-state index < -0.39 is 5.91 Å². The summed E-state index contributed by atoms with van der Waals surface area (Å²) < 4.78 is 13.5. The van der Waals surface area contributed by atoms with Crippen LogP contribution in [0, 0.1) is 0 Å². The van der Waals surface area contributed by atoms with Crippen molar-refractivity contribution < 1.29 is 14.0 Å². The minimum Gasteiger partial charge on any atom is -0.379 e. The molecule has 0 aliphatic carbocycles. The summed E-state index contributed by atoms with van der Waals surface area (Å²) in [4.78, 5) is 27.7. The Bertz CT molecular complexity index is 1070. The lowest BCUT2D eigenvalue weighted by molar-refractivity contribution is -0.131. The Hall–Kier alpha value is -3.95. The van der Waals surface area contributed by atoms with Crippen molar-refractivity contribution in [3.8, 4) is 0 Å². The highest BCUT2D eigenvalue weighted by Gasteiger charge is 2.20. The van der Waals surface area contributed by atoms with Gasteiger partial charge in [-0.1, -0.05) is 19.6 Å². The second-order valence-electron chi connectivity index (χ2n) is 7.87. The molecule has 1 fully saturated rings. The van der Waals surface area contributed by atoms with Crippen LogP contribution >= 0.6 is 0 Å². The van der Waals surface area contributed by atoms with Gasteiger partial charge in [0.2, 0.25) is 5.91 Å². The van der Waals surface area contributed by atoms with Crippen molar-refractivity contribution in [3.05, 3.63) is 60.1 Å². The molecule has 1 aromatic heterocycles. The molecule has 1 saturated heterocycles. The van der Waals surface area contributed by atoms with Gasteiger partial charge in [0.25, 0.3) is 5.91 Å². The van der Waals surface area contributed by atoms with Crippen LogP contribution in [0.15, 0.2) is 54.4 Å². The van der Waals surface area contributed by atoms with Crippen LogP contribution in [0.2, 0.25) is 0 Å². The van der Waals surface area contributed by atoms with Crippen LogP contribution < -0.4 is 21.3 Å². The summed E-state index contributed by atoms with van der Waals surface area (Å²) in [7, 11) is 0. The van der Waals surface area contributed by atoms with Crippen molar-refractivity contribution in [2.45, 2.75) is 20.3 Å². The molecule has 0 unspecified atom stereocenters. The third-order valence-corrected chi connectivity index (χ3v) is 5.63. The number of halogens is 1. The number of nitrogens with one attached hydrogen (secondary N) is 2. The number of allylic oxidation sites excluding steroid dienone is 1. The van der Waals surface area contributed by atoms with Gasteiger partial charge in [-0.25, -0.2) is 4.39 Å². The number of aromatic nitrogens is 2. The molecule has 2 aromatic rings. The Morgan fingerprint density at radius 3 is 2.41 bits per heavy atom. The zero-order valence-electron chi connectivity index (χ0n) is 19.5. The summed E-state index contributed by atoms with van der Waals surface area (Å²) in [6.07, 6.45) is 1.94. The number of hydrogen-bond donors (Lipinski definition) is 3. The molecule has 1 aliphatic heterocycles. The van der Waals surface area contributed by atoms with Gasteiger partial charge in [-0.2, -0.15) is 0 Å². The van der Waals surface area contributed by atoms with E-state index in [0.717, 1.165) is 37.6 Å². The lowest BCUT2D eigenvalue weighted by Crippen LogP contribution is -2.48. The lowest BCUT2D eigenvalue weighted by Gasteiger charge is -2.36. The number of carbonyl (C=O) groups is 2. The molecule has 2 amide bonds. The predicted molar refractivity (Wildman–Crippen MR) is 132 cm³/mol. The summed E-state index contributed by atoms with van der Waals surface area (Å²) in [6, 6.07) is 9.42. The minimum absolute atomic E-state index is 0.0403. The first-order valence-electron chi connectivity index (χ1n) is 11.1. The summed E-state index contributed by atoms with van der Waals surface area (Å²) >= 11 is 0. The number of piperazine rings is 1. The molecular formula is C24H30FN7O2. The maximum absolute atomic E-state index is 13.5. The summed E-state index contributed by atoms with van der Waals surface area (Å²) in [5, 5.41) is 14.1. The zero-order valence-corrected chi connectivity index (χ0v) is 19.5. The number of primary amides is 1. The Morgan fingerprint density at radius 2 is 1.85 bits per heavy atom. The second kappa shape index (κ2) is 11.3. The molecule has 180 valence electrons. The highest BCUT2D eigenvalue weighted by Crippen LogP contribution is 2.24. The highest BCUT2D eigenvalue weighted by atomic mass is 19.1.